The summed E-state index contributed by atoms with van der Waals surface area (Å²) in [6.07, 6.45) is 0.830. The molecule has 0 fully saturated rings. The van der Waals surface area contributed by atoms with Gasteiger partial charge in [0.2, 0.25) is 0 Å². The summed E-state index contributed by atoms with van der Waals surface area (Å²) in [4.78, 5) is 1.89. The molecule has 1 atom stereocenters. The van der Waals surface area contributed by atoms with E-state index in [1.54, 1.807) is 0 Å². The van der Waals surface area contributed by atoms with Gasteiger partial charge in [0.1, 0.15) is 0 Å². The quantitative estimate of drug-likeness (QED) is 0.469. The topological polar surface area (TPSA) is 63.9 Å². The van der Waals surface area contributed by atoms with E-state index in [-0.39, 0.29) is 25.9 Å². The lowest BCUT2D eigenvalue weighted by atomic mass is 10.2. The number of rotatable bonds is 7. The number of aliphatic hydroxyl groups is 3. The molecule has 12 heavy (non-hydrogen) atoms. The summed E-state index contributed by atoms with van der Waals surface area (Å²) in [5.41, 5.74) is 0. The van der Waals surface area contributed by atoms with Gasteiger partial charge >= 0.3 is 0 Å². The fraction of sp³-hybridized carbons (Fsp3) is 1.00. The van der Waals surface area contributed by atoms with Crippen LogP contribution in [-0.4, -0.2) is 59.2 Å². The van der Waals surface area contributed by atoms with Crippen molar-refractivity contribution >= 4 is 0 Å². The molecule has 0 unspecified atom stereocenters. The Morgan fingerprint density at radius 1 is 1.08 bits per heavy atom. The monoisotopic (exact) mass is 177 g/mol. The van der Waals surface area contributed by atoms with Crippen molar-refractivity contribution in [2.45, 2.75) is 19.4 Å². The number of hydrogen-bond donors (Lipinski definition) is 3. The maximum absolute atomic E-state index is 8.94. The molecule has 3 N–H and O–H groups in total. The number of nitrogens with zero attached hydrogens (tertiary/aromatic N) is 1. The van der Waals surface area contributed by atoms with Crippen LogP contribution in [0.1, 0.15) is 13.3 Å². The summed E-state index contributed by atoms with van der Waals surface area (Å²) in [5.74, 6) is 0. The van der Waals surface area contributed by atoms with E-state index in [9.17, 15) is 0 Å². The van der Waals surface area contributed by atoms with E-state index in [1.165, 1.54) is 0 Å². The maximum atomic E-state index is 8.94. The molecule has 0 saturated heterocycles. The highest BCUT2D eigenvalue weighted by Crippen LogP contribution is 2.01. The summed E-state index contributed by atoms with van der Waals surface area (Å²) in [6, 6.07) is 0.0595. The van der Waals surface area contributed by atoms with Crippen molar-refractivity contribution in [2.24, 2.45) is 0 Å². The van der Waals surface area contributed by atoms with E-state index in [0.717, 1.165) is 6.42 Å². The van der Waals surface area contributed by atoms with Crippen molar-refractivity contribution in [3.63, 3.8) is 0 Å². The van der Waals surface area contributed by atoms with E-state index in [1.807, 2.05) is 11.8 Å². The summed E-state index contributed by atoms with van der Waals surface area (Å²) >= 11 is 0. The summed E-state index contributed by atoms with van der Waals surface area (Å²) < 4.78 is 0. The molecule has 74 valence electrons. The van der Waals surface area contributed by atoms with Crippen LogP contribution in [-0.2, 0) is 0 Å². The van der Waals surface area contributed by atoms with Crippen LogP contribution in [0, 0.1) is 0 Å². The third-order valence-corrected chi connectivity index (χ3v) is 1.97. The molecule has 0 rings (SSSR count). The molecular weight excluding hydrogens is 158 g/mol. The third-order valence-electron chi connectivity index (χ3n) is 1.97. The largest absolute Gasteiger partial charge is 0.395 e. The lowest BCUT2D eigenvalue weighted by Gasteiger charge is -2.28. The highest BCUT2D eigenvalue weighted by molar-refractivity contribution is 4.68. The third kappa shape index (κ3) is 4.01. The Labute approximate surface area is 73.4 Å². The van der Waals surface area contributed by atoms with Crippen LogP contribution in [0.5, 0.6) is 0 Å². The highest BCUT2D eigenvalue weighted by Gasteiger charge is 2.13. The predicted molar refractivity (Wildman–Crippen MR) is 46.9 cm³/mol. The van der Waals surface area contributed by atoms with Gasteiger partial charge in [0.25, 0.3) is 0 Å². The molecule has 0 spiro atoms. The van der Waals surface area contributed by atoms with E-state index >= 15 is 0 Å². The van der Waals surface area contributed by atoms with Gasteiger partial charge in [-0.05, 0) is 6.42 Å². The second-order valence-electron chi connectivity index (χ2n) is 2.73. The van der Waals surface area contributed by atoms with Gasteiger partial charge in [-0.2, -0.15) is 0 Å². The van der Waals surface area contributed by atoms with Crippen molar-refractivity contribution in [1.82, 2.24) is 4.90 Å². The summed E-state index contributed by atoms with van der Waals surface area (Å²) in [6.45, 7) is 3.21. The zero-order valence-electron chi connectivity index (χ0n) is 7.61. The van der Waals surface area contributed by atoms with Gasteiger partial charge in [-0.1, -0.05) is 6.92 Å². The zero-order chi connectivity index (χ0) is 9.40. The second-order valence-corrected chi connectivity index (χ2v) is 2.73. The van der Waals surface area contributed by atoms with Crippen molar-refractivity contribution < 1.29 is 15.3 Å². The minimum Gasteiger partial charge on any atom is -0.395 e. The van der Waals surface area contributed by atoms with E-state index < -0.39 is 0 Å². The zero-order valence-corrected chi connectivity index (χ0v) is 7.61. The molecule has 0 radical (unpaired) electrons. The van der Waals surface area contributed by atoms with Crippen molar-refractivity contribution in [3.05, 3.63) is 0 Å². The average Bonchev–Trinajstić information content (AvgIpc) is 2.07. The predicted octanol–water partition coefficient (Wildman–Crippen LogP) is -0.956. The SMILES string of the molecule is CC[C@@H](CO)N(CCO)CCO. The second kappa shape index (κ2) is 7.49. The number of hydrogen-bond acceptors (Lipinski definition) is 4. The molecule has 0 aromatic heterocycles. The fourth-order valence-electron chi connectivity index (χ4n) is 1.24. The normalized spacial score (nSPS) is 13.8. The first-order valence-electron chi connectivity index (χ1n) is 4.36. The van der Waals surface area contributed by atoms with Crippen molar-refractivity contribution in [1.29, 1.82) is 0 Å². The van der Waals surface area contributed by atoms with Crippen LogP contribution >= 0.6 is 0 Å². The maximum Gasteiger partial charge on any atom is 0.0586 e. The van der Waals surface area contributed by atoms with Gasteiger partial charge in [-0.3, -0.25) is 4.90 Å². The molecule has 0 aromatic rings. The first kappa shape index (κ1) is 11.8. The highest BCUT2D eigenvalue weighted by atomic mass is 16.3. The molecule has 0 bridgehead atoms. The van der Waals surface area contributed by atoms with Gasteiger partial charge in [0, 0.05) is 19.1 Å². The average molecular weight is 177 g/mol. The van der Waals surface area contributed by atoms with Gasteiger partial charge in [0.05, 0.1) is 19.8 Å². The molecular formula is C8H19NO3. The Bertz CT molecular complexity index is 90.3. The molecule has 0 aliphatic carbocycles. The van der Waals surface area contributed by atoms with Crippen LogP contribution in [0.2, 0.25) is 0 Å². The summed E-state index contributed by atoms with van der Waals surface area (Å²) in [5, 5.41) is 26.3. The van der Waals surface area contributed by atoms with Crippen LogP contribution in [0.4, 0.5) is 0 Å². The first-order chi connectivity index (χ1) is 5.79. The lowest BCUT2D eigenvalue weighted by molar-refractivity contribution is 0.0821. The van der Waals surface area contributed by atoms with Crippen LogP contribution in [0.15, 0.2) is 0 Å². The number of aliphatic hydroxyl groups excluding tert-OH is 3. The van der Waals surface area contributed by atoms with E-state index in [0.29, 0.717) is 13.1 Å². The van der Waals surface area contributed by atoms with Crippen molar-refractivity contribution in [3.8, 4) is 0 Å². The molecule has 0 amide bonds. The standard InChI is InChI=1S/C8H19NO3/c1-2-8(7-12)9(3-5-10)4-6-11/h8,10-12H,2-7H2,1H3/t8-/m0/s1. The molecule has 4 nitrogen and oxygen atoms in total. The Kier molecular flexibility index (Phi) is 7.39. The molecule has 0 heterocycles. The van der Waals surface area contributed by atoms with Crippen LogP contribution in [0.25, 0.3) is 0 Å². The van der Waals surface area contributed by atoms with Gasteiger partial charge < -0.3 is 15.3 Å². The van der Waals surface area contributed by atoms with E-state index in [4.69, 9.17) is 15.3 Å². The van der Waals surface area contributed by atoms with Crippen LogP contribution < -0.4 is 0 Å². The van der Waals surface area contributed by atoms with Gasteiger partial charge in [-0.25, -0.2) is 0 Å². The van der Waals surface area contributed by atoms with Crippen molar-refractivity contribution in [2.75, 3.05) is 32.9 Å². The Morgan fingerprint density at radius 2 is 1.58 bits per heavy atom. The van der Waals surface area contributed by atoms with Crippen LogP contribution in [0.3, 0.4) is 0 Å². The van der Waals surface area contributed by atoms with Gasteiger partial charge in [0.15, 0.2) is 0 Å². The smallest absolute Gasteiger partial charge is 0.0586 e. The Balaban J connectivity index is 3.86. The Hall–Kier alpha value is -0.160. The minimum absolute atomic E-state index is 0.0595. The fourth-order valence-corrected chi connectivity index (χ4v) is 1.24. The minimum atomic E-state index is 0.0595. The molecule has 0 aliphatic heterocycles. The Morgan fingerprint density at radius 3 is 1.83 bits per heavy atom. The molecule has 0 aromatic carbocycles. The molecule has 0 aliphatic rings. The van der Waals surface area contributed by atoms with E-state index in [2.05, 4.69) is 0 Å². The molecule has 4 heteroatoms. The molecule has 0 saturated carbocycles. The van der Waals surface area contributed by atoms with Gasteiger partial charge in [-0.15, -0.1) is 0 Å². The lowest BCUT2D eigenvalue weighted by Crippen LogP contribution is -2.41. The first-order valence-corrected chi connectivity index (χ1v) is 4.36. The summed E-state index contributed by atoms with van der Waals surface area (Å²) in [7, 11) is 0.